The number of hydrogen-bond acceptors (Lipinski definition) is 6. The highest BCUT2D eigenvalue weighted by atomic mass is 79.9. The summed E-state index contributed by atoms with van der Waals surface area (Å²) in [5.41, 5.74) is 3.77. The van der Waals surface area contributed by atoms with Crippen molar-refractivity contribution in [3.05, 3.63) is 64.2 Å². The zero-order valence-corrected chi connectivity index (χ0v) is 30.1. The molecule has 0 fully saturated rings. The highest BCUT2D eigenvalue weighted by Gasteiger charge is 2.28. The van der Waals surface area contributed by atoms with Gasteiger partial charge in [0.05, 0.1) is 25.5 Å². The van der Waals surface area contributed by atoms with Crippen molar-refractivity contribution in [2.75, 3.05) is 13.7 Å². The van der Waals surface area contributed by atoms with E-state index in [-0.39, 0.29) is 17.7 Å². The zero-order chi connectivity index (χ0) is 32.7. The highest BCUT2D eigenvalue weighted by molar-refractivity contribution is 9.11. The van der Waals surface area contributed by atoms with Crippen LogP contribution in [0.2, 0.25) is 0 Å². The van der Waals surface area contributed by atoms with Crippen LogP contribution in [-0.4, -0.2) is 42.1 Å². The Hall–Kier alpha value is -2.58. The molecule has 1 aromatic carbocycles. The van der Waals surface area contributed by atoms with Gasteiger partial charge in [-0.15, -0.1) is 0 Å². The van der Waals surface area contributed by atoms with E-state index in [1.165, 1.54) is 0 Å². The van der Waals surface area contributed by atoms with Gasteiger partial charge in [0.15, 0.2) is 5.84 Å². The lowest BCUT2D eigenvalue weighted by Gasteiger charge is -2.35. The molecule has 0 radical (unpaired) electrons. The molecule has 2 unspecified atom stereocenters. The maximum atomic E-state index is 10.8. The first-order valence-corrected chi connectivity index (χ1v) is 16.3. The lowest BCUT2D eigenvalue weighted by atomic mass is 10.0. The first-order chi connectivity index (χ1) is 20.2. The molecule has 0 aliphatic carbocycles. The fraction of sp³-hybridized carbons (Fsp3) is 0.600. The molecule has 1 aliphatic rings. The number of allylic oxidation sites excluding steroid dienone is 1. The zero-order valence-electron chi connectivity index (χ0n) is 28.5. The van der Waals surface area contributed by atoms with E-state index in [0.717, 1.165) is 57.9 Å². The normalized spacial score (nSPS) is 16.7. The second-order valence-corrected chi connectivity index (χ2v) is 13.1. The molecule has 2 atom stereocenters. The van der Waals surface area contributed by atoms with Crippen LogP contribution in [0, 0.1) is 18.8 Å². The van der Waals surface area contributed by atoms with Crippen molar-refractivity contribution in [3.63, 3.8) is 0 Å². The van der Waals surface area contributed by atoms with Gasteiger partial charge < -0.3 is 24.4 Å². The van der Waals surface area contributed by atoms with Gasteiger partial charge in [-0.25, -0.2) is 0 Å². The van der Waals surface area contributed by atoms with Gasteiger partial charge in [0.1, 0.15) is 11.4 Å². The van der Waals surface area contributed by atoms with Crippen LogP contribution >= 0.6 is 15.9 Å². The number of esters is 1. The Bertz CT molecular complexity index is 1130. The third kappa shape index (κ3) is 13.3. The molecule has 0 saturated heterocycles. The van der Waals surface area contributed by atoms with Crippen LogP contribution in [0.4, 0.5) is 0 Å². The molecule has 0 bridgehead atoms. The second-order valence-electron chi connectivity index (χ2n) is 12.3. The highest BCUT2D eigenvalue weighted by Crippen LogP contribution is 2.32. The molecule has 242 valence electrons. The van der Waals surface area contributed by atoms with Gasteiger partial charge in [-0.2, -0.15) is 0 Å². The van der Waals surface area contributed by atoms with Gasteiger partial charge in [-0.1, -0.05) is 76.2 Å². The Balaban J connectivity index is 0.000000790. The average molecular weight is 663 g/mol. The maximum Gasteiger partial charge on any atom is 0.306 e. The number of methoxy groups -OCH3 is 1. The van der Waals surface area contributed by atoms with E-state index in [1.807, 2.05) is 46.2 Å². The van der Waals surface area contributed by atoms with Crippen molar-refractivity contribution in [2.24, 2.45) is 16.8 Å². The number of aryl methyl sites for hydroxylation is 1. The molecule has 1 N–H and O–H groups in total. The van der Waals surface area contributed by atoms with Gasteiger partial charge in [-0.3, -0.25) is 9.79 Å². The number of nitrogens with one attached hydrogen (secondary N) is 1. The topological polar surface area (TPSA) is 72.4 Å². The molecule has 1 aromatic rings. The van der Waals surface area contributed by atoms with Gasteiger partial charge >= 0.3 is 5.97 Å². The van der Waals surface area contributed by atoms with Gasteiger partial charge in [-0.05, 0) is 70.4 Å². The van der Waals surface area contributed by atoms with E-state index in [9.17, 15) is 4.79 Å². The molecule has 1 heterocycles. The van der Waals surface area contributed by atoms with Crippen LogP contribution in [0.3, 0.4) is 0 Å². The van der Waals surface area contributed by atoms with Gasteiger partial charge in [0.2, 0.25) is 0 Å². The monoisotopic (exact) mass is 661 g/mol. The Morgan fingerprint density at radius 1 is 1.14 bits per heavy atom. The molecule has 0 saturated carbocycles. The number of rotatable bonds is 13. The second kappa shape index (κ2) is 18.9. The Morgan fingerprint density at radius 2 is 1.81 bits per heavy atom. The molecule has 8 heteroatoms. The molecular weight excluding hydrogens is 606 g/mol. The summed E-state index contributed by atoms with van der Waals surface area (Å²) in [4.78, 5) is 17.9. The number of ether oxygens (including phenoxy) is 3. The van der Waals surface area contributed by atoms with Crippen molar-refractivity contribution in [1.82, 2.24) is 10.2 Å². The van der Waals surface area contributed by atoms with E-state index < -0.39 is 0 Å². The van der Waals surface area contributed by atoms with Gasteiger partial charge in [0.25, 0.3) is 0 Å². The van der Waals surface area contributed by atoms with Crippen molar-refractivity contribution in [3.8, 4) is 5.75 Å². The summed E-state index contributed by atoms with van der Waals surface area (Å²) in [5, 5.41) is 3.36. The van der Waals surface area contributed by atoms with E-state index in [0.29, 0.717) is 31.4 Å². The molecule has 0 aromatic heterocycles. The number of amidine groups is 1. The number of nitrogens with zero attached hydrogens (tertiary/aromatic N) is 2. The van der Waals surface area contributed by atoms with Crippen LogP contribution in [-0.2, 0) is 20.8 Å². The lowest BCUT2D eigenvalue weighted by Crippen LogP contribution is -2.38. The van der Waals surface area contributed by atoms with E-state index in [1.54, 1.807) is 7.11 Å². The molecule has 2 rings (SSSR count). The summed E-state index contributed by atoms with van der Waals surface area (Å²) >= 11 is 3.89. The number of carbonyl (C=O) groups is 1. The smallest absolute Gasteiger partial charge is 0.306 e. The molecule has 7 nitrogen and oxygen atoms in total. The van der Waals surface area contributed by atoms with Crippen LogP contribution < -0.4 is 10.1 Å². The quantitative estimate of drug-likeness (QED) is 0.213. The molecular formula is C35H56BrN3O4. The Labute approximate surface area is 270 Å². The summed E-state index contributed by atoms with van der Waals surface area (Å²) in [7, 11) is 1.70. The van der Waals surface area contributed by atoms with Crippen LogP contribution in [0.1, 0.15) is 99.1 Å². The molecule has 43 heavy (non-hydrogen) atoms. The van der Waals surface area contributed by atoms with Crippen molar-refractivity contribution >= 4 is 27.7 Å². The minimum absolute atomic E-state index is 0.0687. The van der Waals surface area contributed by atoms with Crippen molar-refractivity contribution in [2.45, 2.75) is 113 Å². The van der Waals surface area contributed by atoms with Crippen LogP contribution in [0.25, 0.3) is 0 Å². The van der Waals surface area contributed by atoms with Crippen LogP contribution in [0.15, 0.2) is 58.0 Å². The number of hydrogen-bond donors (Lipinski definition) is 1. The SMILES string of the molecule is C=C(C(CC)OCC(C)C)N1C=CNC(=NCc2ccc(C)cc2OC)/C1=C(\Br)C(C)CC.CCCC(=O)OC(C)(C)C. The molecule has 0 spiro atoms. The minimum Gasteiger partial charge on any atom is -0.496 e. The standard InChI is InChI=1S/C27H40BrN3O2.C8H16O2/c1-9-20(6)25(28)26-27(30-16-22-12-11-19(5)15-24(22)32-8)29-13-14-31(26)21(7)23(10-2)33-17-18(3)4;1-5-6-7(9)10-8(2,3)4/h11-15,18,20,23H,7,9-10,16-17H2,1-6,8H3,(H,29,30);5-6H2,1-4H3/b26-25+;. The third-order valence-corrected chi connectivity index (χ3v) is 7.74. The van der Waals surface area contributed by atoms with E-state index >= 15 is 0 Å². The molecule has 0 amide bonds. The lowest BCUT2D eigenvalue weighted by molar-refractivity contribution is -0.154. The van der Waals surface area contributed by atoms with Gasteiger partial charge in [0, 0.05) is 41.2 Å². The predicted molar refractivity (Wildman–Crippen MR) is 183 cm³/mol. The fourth-order valence-electron chi connectivity index (χ4n) is 4.11. The average Bonchev–Trinajstić information content (AvgIpc) is 2.94. The largest absolute Gasteiger partial charge is 0.496 e. The minimum atomic E-state index is -0.327. The summed E-state index contributed by atoms with van der Waals surface area (Å²) in [6, 6.07) is 6.21. The summed E-state index contributed by atoms with van der Waals surface area (Å²) in [5.74, 6) is 2.35. The number of carbonyl (C=O) groups excluding carboxylic acids is 1. The predicted octanol–water partition coefficient (Wildman–Crippen LogP) is 9.02. The number of benzene rings is 1. The Morgan fingerprint density at radius 3 is 2.35 bits per heavy atom. The fourth-order valence-corrected chi connectivity index (χ4v) is 4.81. The first kappa shape index (κ1) is 38.4. The Kier molecular flexibility index (Phi) is 16.9. The third-order valence-electron chi connectivity index (χ3n) is 6.59. The number of halogens is 1. The first-order valence-electron chi connectivity index (χ1n) is 15.5. The van der Waals surface area contributed by atoms with Crippen molar-refractivity contribution in [1.29, 1.82) is 0 Å². The summed E-state index contributed by atoms with van der Waals surface area (Å²) in [6.07, 6.45) is 7.09. The summed E-state index contributed by atoms with van der Waals surface area (Å²) in [6.45, 7) is 26.1. The van der Waals surface area contributed by atoms with E-state index in [4.69, 9.17) is 19.2 Å². The van der Waals surface area contributed by atoms with Crippen molar-refractivity contribution < 1.29 is 19.0 Å². The van der Waals surface area contributed by atoms with E-state index in [2.05, 4.69) is 86.4 Å². The van der Waals surface area contributed by atoms with Crippen LogP contribution in [0.5, 0.6) is 5.75 Å². The number of aliphatic imine (C=N–C) groups is 1. The maximum absolute atomic E-state index is 10.8. The molecule has 1 aliphatic heterocycles. The summed E-state index contributed by atoms with van der Waals surface area (Å²) < 4.78 is 17.9.